The van der Waals surface area contributed by atoms with E-state index in [1.807, 2.05) is 49.4 Å². The number of benzene rings is 2. The first-order chi connectivity index (χ1) is 8.31. The summed E-state index contributed by atoms with van der Waals surface area (Å²) in [6.45, 7) is 2.84. The second-order valence-corrected chi connectivity index (χ2v) is 4.04. The number of fused-ring (bicyclic) bond motifs is 1. The summed E-state index contributed by atoms with van der Waals surface area (Å²) in [5.74, 6) is 0.0456. The molecule has 2 nitrogen and oxygen atoms in total. The molecule has 0 unspecified atom stereocenters. The van der Waals surface area contributed by atoms with Gasteiger partial charge >= 0.3 is 0 Å². The fourth-order valence-electron chi connectivity index (χ4n) is 1.76. The highest BCUT2D eigenvalue weighted by Gasteiger charge is 2.06. The van der Waals surface area contributed by atoms with Crippen LogP contribution in [0.3, 0.4) is 0 Å². The van der Waals surface area contributed by atoms with Crippen LogP contribution in [0, 0.1) is 0 Å². The second-order valence-electron chi connectivity index (χ2n) is 4.04. The zero-order valence-corrected chi connectivity index (χ0v) is 9.98. The van der Waals surface area contributed by atoms with E-state index < -0.39 is 0 Å². The van der Waals surface area contributed by atoms with E-state index in [-0.39, 0.29) is 12.4 Å². The minimum absolute atomic E-state index is 0.0456. The van der Waals surface area contributed by atoms with Crippen LogP contribution in [0.15, 0.2) is 42.5 Å². The van der Waals surface area contributed by atoms with Crippen LogP contribution in [0.2, 0.25) is 0 Å². The van der Waals surface area contributed by atoms with E-state index in [1.54, 1.807) is 0 Å². The molecule has 0 amide bonds. The number of hydrogen-bond acceptors (Lipinski definition) is 2. The topological polar surface area (TPSA) is 26.3 Å². The third-order valence-electron chi connectivity index (χ3n) is 2.65. The highest BCUT2D eigenvalue weighted by molar-refractivity contribution is 6.00. The average Bonchev–Trinajstić information content (AvgIpc) is 2.38. The number of carbonyl (C=O) groups is 1. The minimum Gasteiger partial charge on any atom is -0.373 e. The summed E-state index contributed by atoms with van der Waals surface area (Å²) in [6, 6.07) is 13.8. The van der Waals surface area contributed by atoms with Crippen molar-refractivity contribution in [1.29, 1.82) is 0 Å². The molecule has 2 rings (SSSR count). The number of hydrogen-bond donors (Lipinski definition) is 0. The van der Waals surface area contributed by atoms with Crippen LogP contribution in [0.25, 0.3) is 10.8 Å². The molecule has 0 aromatic heterocycles. The number of ketones is 1. The summed E-state index contributed by atoms with van der Waals surface area (Å²) in [7, 11) is 0. The maximum Gasteiger partial charge on any atom is 0.188 e. The van der Waals surface area contributed by atoms with Crippen LogP contribution in [0.1, 0.15) is 23.7 Å². The lowest BCUT2D eigenvalue weighted by Crippen LogP contribution is -2.09. The molecule has 0 bridgehead atoms. The van der Waals surface area contributed by atoms with Gasteiger partial charge in [-0.05, 0) is 23.3 Å². The molecule has 0 radical (unpaired) electrons. The summed E-state index contributed by atoms with van der Waals surface area (Å²) in [4.78, 5) is 11.8. The van der Waals surface area contributed by atoms with Crippen LogP contribution in [0.4, 0.5) is 0 Å². The van der Waals surface area contributed by atoms with Gasteiger partial charge in [0.25, 0.3) is 0 Å². The fraction of sp³-hybridized carbons (Fsp3) is 0.267. The quantitative estimate of drug-likeness (QED) is 0.578. The van der Waals surface area contributed by atoms with Crippen molar-refractivity contribution in [2.45, 2.75) is 13.3 Å². The molecule has 0 spiro atoms. The summed E-state index contributed by atoms with van der Waals surface area (Å²) in [5, 5.41) is 2.24. The Morgan fingerprint density at radius 2 is 1.88 bits per heavy atom. The van der Waals surface area contributed by atoms with Crippen molar-refractivity contribution in [1.82, 2.24) is 0 Å². The Morgan fingerprint density at radius 3 is 2.65 bits per heavy atom. The largest absolute Gasteiger partial charge is 0.373 e. The van der Waals surface area contributed by atoms with Crippen molar-refractivity contribution in [2.75, 3.05) is 13.2 Å². The van der Waals surface area contributed by atoms with E-state index >= 15 is 0 Å². The zero-order chi connectivity index (χ0) is 12.1. The Hall–Kier alpha value is -1.67. The third kappa shape index (κ3) is 2.92. The van der Waals surface area contributed by atoms with Gasteiger partial charge in [-0.2, -0.15) is 0 Å². The van der Waals surface area contributed by atoms with Crippen molar-refractivity contribution in [3.63, 3.8) is 0 Å². The average molecular weight is 228 g/mol. The smallest absolute Gasteiger partial charge is 0.188 e. The number of ether oxygens (including phenoxy) is 1. The molecule has 2 heteroatoms. The number of carbonyl (C=O) groups excluding carboxylic acids is 1. The summed E-state index contributed by atoms with van der Waals surface area (Å²) in [6.07, 6.45) is 0.936. The first kappa shape index (κ1) is 11.8. The van der Waals surface area contributed by atoms with Crippen molar-refractivity contribution in [3.8, 4) is 0 Å². The molecule has 0 aliphatic carbocycles. The molecule has 2 aromatic rings. The van der Waals surface area contributed by atoms with Gasteiger partial charge in [-0.1, -0.05) is 43.3 Å². The molecule has 2 aromatic carbocycles. The Morgan fingerprint density at radius 1 is 1.12 bits per heavy atom. The van der Waals surface area contributed by atoms with Gasteiger partial charge in [0.15, 0.2) is 5.78 Å². The molecule has 0 N–H and O–H groups in total. The van der Waals surface area contributed by atoms with E-state index in [0.717, 1.165) is 22.8 Å². The van der Waals surface area contributed by atoms with Crippen molar-refractivity contribution in [2.24, 2.45) is 0 Å². The van der Waals surface area contributed by atoms with E-state index in [4.69, 9.17) is 4.74 Å². The summed E-state index contributed by atoms with van der Waals surface area (Å²) >= 11 is 0. The molecular formula is C15H16O2. The first-order valence-electron chi connectivity index (χ1n) is 5.91. The van der Waals surface area contributed by atoms with Gasteiger partial charge < -0.3 is 4.74 Å². The molecule has 0 aliphatic heterocycles. The van der Waals surface area contributed by atoms with E-state index in [1.165, 1.54) is 0 Å². The molecule has 0 heterocycles. The summed E-state index contributed by atoms with van der Waals surface area (Å²) < 4.78 is 5.26. The third-order valence-corrected chi connectivity index (χ3v) is 2.65. The highest BCUT2D eigenvalue weighted by Crippen LogP contribution is 2.15. The van der Waals surface area contributed by atoms with Gasteiger partial charge in [0, 0.05) is 12.2 Å². The van der Waals surface area contributed by atoms with Crippen molar-refractivity contribution < 1.29 is 9.53 Å². The molecule has 17 heavy (non-hydrogen) atoms. The predicted octanol–water partition coefficient (Wildman–Crippen LogP) is 3.45. The molecule has 0 atom stereocenters. The molecular weight excluding hydrogens is 212 g/mol. The van der Waals surface area contributed by atoms with Crippen LogP contribution < -0.4 is 0 Å². The Kier molecular flexibility index (Phi) is 3.89. The number of rotatable bonds is 5. The Balaban J connectivity index is 2.15. The van der Waals surface area contributed by atoms with E-state index in [0.29, 0.717) is 6.61 Å². The van der Waals surface area contributed by atoms with Crippen LogP contribution in [0.5, 0.6) is 0 Å². The van der Waals surface area contributed by atoms with Crippen LogP contribution >= 0.6 is 0 Å². The predicted molar refractivity (Wildman–Crippen MR) is 69.4 cm³/mol. The molecule has 88 valence electrons. The maximum atomic E-state index is 11.8. The lowest BCUT2D eigenvalue weighted by Gasteiger charge is -2.04. The lowest BCUT2D eigenvalue weighted by atomic mass is 10.0. The van der Waals surface area contributed by atoms with Gasteiger partial charge in [-0.3, -0.25) is 4.79 Å². The second kappa shape index (κ2) is 5.60. The van der Waals surface area contributed by atoms with Crippen molar-refractivity contribution >= 4 is 16.6 Å². The highest BCUT2D eigenvalue weighted by atomic mass is 16.5. The van der Waals surface area contributed by atoms with Crippen LogP contribution in [-0.2, 0) is 4.74 Å². The Bertz CT molecular complexity index is 517. The molecule has 0 aliphatic rings. The monoisotopic (exact) mass is 228 g/mol. The molecule has 0 saturated heterocycles. The summed E-state index contributed by atoms with van der Waals surface area (Å²) in [5.41, 5.74) is 0.722. The fourth-order valence-corrected chi connectivity index (χ4v) is 1.76. The van der Waals surface area contributed by atoms with Crippen molar-refractivity contribution in [3.05, 3.63) is 48.0 Å². The molecule has 0 saturated carbocycles. The zero-order valence-electron chi connectivity index (χ0n) is 9.98. The van der Waals surface area contributed by atoms with E-state index in [9.17, 15) is 4.79 Å². The van der Waals surface area contributed by atoms with E-state index in [2.05, 4.69) is 0 Å². The first-order valence-corrected chi connectivity index (χ1v) is 5.91. The Labute approximate surface area is 101 Å². The number of Topliss-reactive ketones (excluding diaryl/α,β-unsaturated/α-hetero) is 1. The minimum atomic E-state index is 0.0456. The maximum absolute atomic E-state index is 11.8. The lowest BCUT2D eigenvalue weighted by molar-refractivity contribution is 0.0761. The molecule has 0 fully saturated rings. The normalized spacial score (nSPS) is 10.6. The standard InChI is InChI=1S/C15H16O2/c1-2-9-17-11-15(16)14-8-7-12-5-3-4-6-13(12)10-14/h3-8,10H,2,9,11H2,1H3. The van der Waals surface area contributed by atoms with Gasteiger partial charge in [-0.25, -0.2) is 0 Å². The van der Waals surface area contributed by atoms with Gasteiger partial charge in [0.05, 0.1) is 0 Å². The van der Waals surface area contributed by atoms with Gasteiger partial charge in [-0.15, -0.1) is 0 Å². The van der Waals surface area contributed by atoms with Gasteiger partial charge in [0.2, 0.25) is 0 Å². The van der Waals surface area contributed by atoms with Crippen LogP contribution in [-0.4, -0.2) is 19.0 Å². The van der Waals surface area contributed by atoms with Gasteiger partial charge in [0.1, 0.15) is 6.61 Å². The SMILES string of the molecule is CCCOCC(=O)c1ccc2ccccc2c1.